The third kappa shape index (κ3) is 6.80. The van der Waals surface area contributed by atoms with Crippen molar-refractivity contribution >= 4 is 17.3 Å². The molecule has 1 N–H and O–H groups in total. The van der Waals surface area contributed by atoms with Crippen molar-refractivity contribution in [2.75, 3.05) is 39.8 Å². The van der Waals surface area contributed by atoms with Crippen LogP contribution in [0.3, 0.4) is 0 Å². The summed E-state index contributed by atoms with van der Waals surface area (Å²) in [4.78, 5) is 11.0. The van der Waals surface area contributed by atoms with Crippen molar-refractivity contribution < 1.29 is 26.3 Å². The van der Waals surface area contributed by atoms with Crippen LogP contribution in [0.15, 0.2) is 10.4 Å². The first-order valence-corrected chi connectivity index (χ1v) is 9.66. The Labute approximate surface area is 163 Å². The zero-order valence-corrected chi connectivity index (χ0v) is 16.4. The maximum Gasteiger partial charge on any atom is 0.434 e. The van der Waals surface area contributed by atoms with E-state index < -0.39 is 24.6 Å². The van der Waals surface area contributed by atoms with Crippen molar-refractivity contribution in [1.29, 1.82) is 0 Å². The number of likely N-dealkylation sites (tertiary alicyclic amines) is 1. The lowest BCUT2D eigenvalue weighted by molar-refractivity contribution is -0.146. The van der Waals surface area contributed by atoms with E-state index in [1.165, 1.54) is 4.90 Å². The van der Waals surface area contributed by atoms with Gasteiger partial charge in [-0.1, -0.05) is 6.92 Å². The number of hydrogen-bond donors (Lipinski definition) is 1. The van der Waals surface area contributed by atoms with Gasteiger partial charge in [-0.2, -0.15) is 26.3 Å². The Morgan fingerprint density at radius 2 is 2.07 bits per heavy atom. The highest BCUT2D eigenvalue weighted by Gasteiger charge is 2.34. The summed E-state index contributed by atoms with van der Waals surface area (Å²) in [6.45, 7) is 2.68. The first-order chi connectivity index (χ1) is 13.0. The molecule has 0 aliphatic carbocycles. The molecule has 1 unspecified atom stereocenters. The second-order valence-corrected chi connectivity index (χ2v) is 7.51. The fraction of sp³-hybridized carbons (Fsp3) is 0.750. The van der Waals surface area contributed by atoms with Crippen LogP contribution in [0.5, 0.6) is 0 Å². The largest absolute Gasteiger partial charge is 0.434 e. The normalized spacial score (nSPS) is 19.0. The Kier molecular flexibility index (Phi) is 7.54. The van der Waals surface area contributed by atoms with Gasteiger partial charge in [-0.15, -0.1) is 11.3 Å². The van der Waals surface area contributed by atoms with Gasteiger partial charge in [0.2, 0.25) is 0 Å². The van der Waals surface area contributed by atoms with E-state index in [0.717, 1.165) is 23.1 Å². The molecule has 1 aliphatic rings. The highest BCUT2D eigenvalue weighted by molar-refractivity contribution is 7.09. The molecule has 0 amide bonds. The van der Waals surface area contributed by atoms with Crippen LogP contribution in [0.25, 0.3) is 0 Å². The molecule has 1 atom stereocenters. The van der Waals surface area contributed by atoms with Gasteiger partial charge in [0.25, 0.3) is 0 Å². The van der Waals surface area contributed by atoms with Crippen LogP contribution in [-0.4, -0.2) is 66.7 Å². The van der Waals surface area contributed by atoms with Gasteiger partial charge in [0.15, 0.2) is 11.7 Å². The molecule has 1 aliphatic heterocycles. The molecule has 1 fully saturated rings. The lowest BCUT2D eigenvalue weighted by atomic mass is 10.1. The van der Waals surface area contributed by atoms with E-state index in [0.29, 0.717) is 32.1 Å². The van der Waals surface area contributed by atoms with E-state index in [9.17, 15) is 26.3 Å². The fourth-order valence-electron chi connectivity index (χ4n) is 3.11. The molecule has 0 saturated carbocycles. The van der Waals surface area contributed by atoms with Gasteiger partial charge < -0.3 is 10.2 Å². The summed E-state index contributed by atoms with van der Waals surface area (Å²) >= 11 is 0.908. The highest BCUT2D eigenvalue weighted by atomic mass is 32.1. The van der Waals surface area contributed by atoms with Crippen molar-refractivity contribution in [2.24, 2.45) is 10.9 Å². The summed E-state index contributed by atoms with van der Waals surface area (Å²) in [6.07, 6.45) is -7.97. The predicted molar refractivity (Wildman–Crippen MR) is 95.2 cm³/mol. The Hall–Kier alpha value is -1.56. The van der Waals surface area contributed by atoms with Crippen LogP contribution < -0.4 is 5.32 Å². The topological polar surface area (TPSA) is 43.8 Å². The van der Waals surface area contributed by atoms with Crippen LogP contribution in [0.1, 0.15) is 24.0 Å². The second-order valence-electron chi connectivity index (χ2n) is 6.57. The molecule has 0 aromatic carbocycles. The Morgan fingerprint density at radius 3 is 2.61 bits per heavy atom. The average Bonchev–Trinajstić information content (AvgIpc) is 3.23. The maximum atomic E-state index is 12.6. The zero-order chi connectivity index (χ0) is 20.9. The SMILES string of the molecule is CCN(CC1CCN(C(=NC)NCc2nc(C(F)(F)F)cs2)C1)CC(F)(F)F. The van der Waals surface area contributed by atoms with Crippen molar-refractivity contribution in [2.45, 2.75) is 32.2 Å². The number of thiazole rings is 1. The van der Waals surface area contributed by atoms with Crippen LogP contribution in [-0.2, 0) is 12.7 Å². The maximum absolute atomic E-state index is 12.6. The molecule has 28 heavy (non-hydrogen) atoms. The van der Waals surface area contributed by atoms with Gasteiger partial charge >= 0.3 is 12.4 Å². The van der Waals surface area contributed by atoms with Gasteiger partial charge in [-0.3, -0.25) is 9.89 Å². The molecule has 2 rings (SSSR count). The number of nitrogens with zero attached hydrogens (tertiary/aromatic N) is 4. The minimum Gasteiger partial charge on any atom is -0.350 e. The van der Waals surface area contributed by atoms with Gasteiger partial charge in [0.1, 0.15) is 5.01 Å². The van der Waals surface area contributed by atoms with Gasteiger partial charge in [-0.05, 0) is 18.9 Å². The number of halogens is 6. The summed E-state index contributed by atoms with van der Waals surface area (Å²) in [7, 11) is 1.56. The quantitative estimate of drug-likeness (QED) is 0.426. The Balaban J connectivity index is 1.86. The van der Waals surface area contributed by atoms with Crippen LogP contribution in [0.4, 0.5) is 26.3 Å². The van der Waals surface area contributed by atoms with E-state index in [2.05, 4.69) is 15.3 Å². The first-order valence-electron chi connectivity index (χ1n) is 8.78. The molecular weight excluding hydrogens is 408 g/mol. The Morgan fingerprint density at radius 1 is 1.36 bits per heavy atom. The van der Waals surface area contributed by atoms with E-state index >= 15 is 0 Å². The molecule has 0 spiro atoms. The third-order valence-corrected chi connectivity index (χ3v) is 5.25. The number of guanidine groups is 1. The molecule has 1 aromatic rings. The molecule has 12 heteroatoms. The van der Waals surface area contributed by atoms with Gasteiger partial charge in [0, 0.05) is 32.1 Å². The fourth-order valence-corrected chi connectivity index (χ4v) is 3.85. The summed E-state index contributed by atoms with van der Waals surface area (Å²) in [5, 5.41) is 4.23. The lowest BCUT2D eigenvalue weighted by Gasteiger charge is -2.26. The highest BCUT2D eigenvalue weighted by Crippen LogP contribution is 2.30. The van der Waals surface area contributed by atoms with E-state index in [1.54, 1.807) is 14.0 Å². The Bertz CT molecular complexity index is 657. The number of alkyl halides is 6. The number of aliphatic imine (C=N–C) groups is 1. The summed E-state index contributed by atoms with van der Waals surface area (Å²) in [5.74, 6) is 0.572. The van der Waals surface area contributed by atoms with Crippen LogP contribution in [0.2, 0.25) is 0 Å². The molecule has 0 radical (unpaired) electrons. The minimum absolute atomic E-state index is 0.0672. The van der Waals surface area contributed by atoms with Crippen molar-refractivity contribution in [1.82, 2.24) is 20.1 Å². The standard InChI is InChI=1S/C16H23F6N5S/c1-3-26(10-15(17,18)19)7-11-4-5-27(8-11)14(23-2)24-6-13-25-12(9-28-13)16(20,21)22/h9,11H,3-8,10H2,1-2H3,(H,23,24). The van der Waals surface area contributed by atoms with Gasteiger partial charge in [0.05, 0.1) is 13.1 Å². The third-order valence-electron chi connectivity index (χ3n) is 4.40. The zero-order valence-electron chi connectivity index (χ0n) is 15.6. The number of rotatable bonds is 6. The average molecular weight is 431 g/mol. The van der Waals surface area contributed by atoms with Crippen molar-refractivity contribution in [3.05, 3.63) is 16.1 Å². The summed E-state index contributed by atoms with van der Waals surface area (Å²) < 4.78 is 75.6. The van der Waals surface area contributed by atoms with E-state index in [4.69, 9.17) is 0 Å². The molecular formula is C16H23F6N5S. The monoisotopic (exact) mass is 431 g/mol. The van der Waals surface area contributed by atoms with E-state index in [-0.39, 0.29) is 17.5 Å². The predicted octanol–water partition coefficient (Wildman–Crippen LogP) is 3.44. The molecule has 0 bridgehead atoms. The van der Waals surface area contributed by atoms with Crippen molar-refractivity contribution in [3.63, 3.8) is 0 Å². The number of hydrogen-bond acceptors (Lipinski definition) is 4. The van der Waals surface area contributed by atoms with Crippen LogP contribution >= 0.6 is 11.3 Å². The van der Waals surface area contributed by atoms with Crippen molar-refractivity contribution in [3.8, 4) is 0 Å². The summed E-state index contributed by atoms with van der Waals surface area (Å²) in [6, 6.07) is 0. The molecule has 160 valence electrons. The first kappa shape index (κ1) is 22.7. The summed E-state index contributed by atoms with van der Waals surface area (Å²) in [5.41, 5.74) is -0.921. The second kappa shape index (κ2) is 9.29. The molecule has 1 saturated heterocycles. The molecule has 5 nitrogen and oxygen atoms in total. The van der Waals surface area contributed by atoms with Crippen LogP contribution in [0, 0.1) is 5.92 Å². The molecule has 2 heterocycles. The smallest absolute Gasteiger partial charge is 0.350 e. The lowest BCUT2D eigenvalue weighted by Crippen LogP contribution is -2.41. The van der Waals surface area contributed by atoms with E-state index in [1.807, 2.05) is 4.90 Å². The molecule has 1 aromatic heterocycles. The minimum atomic E-state index is -4.47. The van der Waals surface area contributed by atoms with Gasteiger partial charge in [-0.25, -0.2) is 4.98 Å². The number of aromatic nitrogens is 1. The number of nitrogens with one attached hydrogen (secondary N) is 1.